The lowest BCUT2D eigenvalue weighted by Gasteiger charge is -2.34. The van der Waals surface area contributed by atoms with Crippen molar-refractivity contribution in [1.82, 2.24) is 15.2 Å². The van der Waals surface area contributed by atoms with Crippen LogP contribution in [0.15, 0.2) is 22.7 Å². The van der Waals surface area contributed by atoms with Crippen LogP contribution in [0.3, 0.4) is 0 Å². The van der Waals surface area contributed by atoms with Crippen molar-refractivity contribution < 1.29 is 0 Å². The molecule has 2 rings (SSSR count). The van der Waals surface area contributed by atoms with Crippen LogP contribution >= 0.6 is 27.5 Å². The Balaban J connectivity index is 2.14. The summed E-state index contributed by atoms with van der Waals surface area (Å²) in [7, 11) is 4.35. The fourth-order valence-electron chi connectivity index (χ4n) is 2.97. The van der Waals surface area contributed by atoms with Gasteiger partial charge in [0, 0.05) is 28.1 Å². The second-order valence-electron chi connectivity index (χ2n) is 5.88. The highest BCUT2D eigenvalue weighted by Crippen LogP contribution is 2.24. The third-order valence-corrected chi connectivity index (χ3v) is 5.09. The summed E-state index contributed by atoms with van der Waals surface area (Å²) in [6.45, 7) is 3.25. The molecular formula is C15H24BrClN4. The first-order valence-electron chi connectivity index (χ1n) is 7.30. The van der Waals surface area contributed by atoms with E-state index in [4.69, 9.17) is 17.4 Å². The summed E-state index contributed by atoms with van der Waals surface area (Å²) in [6.07, 6.45) is 2.02. The largest absolute Gasteiger partial charge is 0.305 e. The molecule has 0 aromatic heterocycles. The summed E-state index contributed by atoms with van der Waals surface area (Å²) in [4.78, 5) is 4.78. The molecule has 0 bridgehead atoms. The van der Waals surface area contributed by atoms with Gasteiger partial charge >= 0.3 is 0 Å². The smallest absolute Gasteiger partial charge is 0.0449 e. The maximum absolute atomic E-state index is 6.34. The standard InChI is InChI=1S/C15H24BrClN4/c1-20-6-3-7-21(2)15(10-20)14(19-18)8-11-4-5-12(16)9-13(11)17/h4-5,9,14-15,19H,3,6-8,10,18H2,1-2H3. The van der Waals surface area contributed by atoms with Crippen LogP contribution < -0.4 is 11.3 Å². The molecule has 0 saturated carbocycles. The maximum Gasteiger partial charge on any atom is 0.0449 e. The zero-order valence-corrected chi connectivity index (χ0v) is 15.0. The normalized spacial score (nSPS) is 23.0. The number of rotatable bonds is 4. The summed E-state index contributed by atoms with van der Waals surface area (Å²) >= 11 is 9.79. The molecule has 2 unspecified atom stereocenters. The number of nitrogens with one attached hydrogen (secondary N) is 1. The molecule has 1 aliphatic heterocycles. The van der Waals surface area contributed by atoms with Crippen LogP contribution in [0.25, 0.3) is 0 Å². The SMILES string of the molecule is CN1CCCN(C)C(C(Cc2ccc(Br)cc2Cl)NN)C1. The van der Waals surface area contributed by atoms with Crippen molar-refractivity contribution in [2.45, 2.75) is 24.9 Å². The minimum Gasteiger partial charge on any atom is -0.305 e. The molecule has 4 nitrogen and oxygen atoms in total. The molecule has 0 aliphatic carbocycles. The van der Waals surface area contributed by atoms with E-state index in [0.717, 1.165) is 41.1 Å². The molecule has 0 amide bonds. The number of hydrazine groups is 1. The molecule has 1 aliphatic rings. The Bertz CT molecular complexity index is 471. The number of hydrogen-bond acceptors (Lipinski definition) is 4. The Morgan fingerprint density at radius 1 is 1.43 bits per heavy atom. The fraction of sp³-hybridized carbons (Fsp3) is 0.600. The molecule has 2 atom stereocenters. The fourth-order valence-corrected chi connectivity index (χ4v) is 3.72. The number of nitrogens with zero attached hydrogens (tertiary/aromatic N) is 2. The second kappa shape index (κ2) is 7.90. The molecule has 1 aromatic rings. The highest BCUT2D eigenvalue weighted by atomic mass is 79.9. The number of halogens is 2. The lowest BCUT2D eigenvalue weighted by atomic mass is 9.98. The lowest BCUT2D eigenvalue weighted by Crippen LogP contribution is -2.55. The van der Waals surface area contributed by atoms with Crippen molar-refractivity contribution in [2.75, 3.05) is 33.7 Å². The van der Waals surface area contributed by atoms with Gasteiger partial charge in [0.25, 0.3) is 0 Å². The van der Waals surface area contributed by atoms with E-state index in [1.54, 1.807) is 0 Å². The minimum absolute atomic E-state index is 0.175. The van der Waals surface area contributed by atoms with E-state index in [2.05, 4.69) is 51.3 Å². The predicted octanol–water partition coefficient (Wildman–Crippen LogP) is 2.11. The topological polar surface area (TPSA) is 44.5 Å². The van der Waals surface area contributed by atoms with Gasteiger partial charge in [0.15, 0.2) is 0 Å². The van der Waals surface area contributed by atoms with Crippen molar-refractivity contribution in [3.63, 3.8) is 0 Å². The van der Waals surface area contributed by atoms with Gasteiger partial charge in [-0.1, -0.05) is 33.6 Å². The monoisotopic (exact) mass is 374 g/mol. The molecule has 0 spiro atoms. The molecule has 6 heteroatoms. The Morgan fingerprint density at radius 3 is 2.86 bits per heavy atom. The Kier molecular flexibility index (Phi) is 6.47. The van der Waals surface area contributed by atoms with E-state index >= 15 is 0 Å². The van der Waals surface area contributed by atoms with Crippen molar-refractivity contribution in [3.05, 3.63) is 33.3 Å². The van der Waals surface area contributed by atoms with Gasteiger partial charge in [0.05, 0.1) is 0 Å². The molecule has 1 heterocycles. The average molecular weight is 376 g/mol. The van der Waals surface area contributed by atoms with Crippen LogP contribution in [0.2, 0.25) is 5.02 Å². The van der Waals surface area contributed by atoms with Crippen molar-refractivity contribution in [2.24, 2.45) is 5.84 Å². The molecule has 118 valence electrons. The molecule has 3 N–H and O–H groups in total. The van der Waals surface area contributed by atoms with E-state index in [1.165, 1.54) is 6.42 Å². The maximum atomic E-state index is 6.34. The zero-order valence-electron chi connectivity index (χ0n) is 12.6. The number of hydrogen-bond donors (Lipinski definition) is 2. The van der Waals surface area contributed by atoms with Crippen molar-refractivity contribution in [3.8, 4) is 0 Å². The van der Waals surface area contributed by atoms with Gasteiger partial charge in [-0.25, -0.2) is 0 Å². The summed E-state index contributed by atoms with van der Waals surface area (Å²) < 4.78 is 1.000. The van der Waals surface area contributed by atoms with Crippen molar-refractivity contribution >= 4 is 27.5 Å². The predicted molar refractivity (Wildman–Crippen MR) is 92.5 cm³/mol. The summed E-state index contributed by atoms with van der Waals surface area (Å²) in [5.41, 5.74) is 4.13. The number of benzene rings is 1. The van der Waals surface area contributed by atoms with Gasteiger partial charge in [-0.2, -0.15) is 0 Å². The quantitative estimate of drug-likeness (QED) is 0.625. The summed E-state index contributed by atoms with van der Waals surface area (Å²) in [5, 5.41) is 0.786. The first-order chi connectivity index (χ1) is 10.0. The number of nitrogens with two attached hydrogens (primary N) is 1. The van der Waals surface area contributed by atoms with Crippen LogP contribution in [0, 0.1) is 0 Å². The number of likely N-dealkylation sites (N-methyl/N-ethyl adjacent to an activating group) is 2. The van der Waals surface area contributed by atoms with Gasteiger partial charge in [-0.3, -0.25) is 11.3 Å². The van der Waals surface area contributed by atoms with E-state index in [-0.39, 0.29) is 6.04 Å². The minimum atomic E-state index is 0.175. The van der Waals surface area contributed by atoms with Gasteiger partial charge in [-0.05, 0) is 57.7 Å². The van der Waals surface area contributed by atoms with Crippen LogP contribution in [0.4, 0.5) is 0 Å². The second-order valence-corrected chi connectivity index (χ2v) is 7.20. The Labute approximate surface area is 140 Å². The summed E-state index contributed by atoms with van der Waals surface area (Å²) in [5.74, 6) is 5.84. The molecular weight excluding hydrogens is 352 g/mol. The highest BCUT2D eigenvalue weighted by Gasteiger charge is 2.28. The molecule has 1 fully saturated rings. The van der Waals surface area contributed by atoms with E-state index < -0.39 is 0 Å². The van der Waals surface area contributed by atoms with E-state index in [0.29, 0.717) is 6.04 Å². The van der Waals surface area contributed by atoms with Gasteiger partial charge in [-0.15, -0.1) is 0 Å². The molecule has 21 heavy (non-hydrogen) atoms. The van der Waals surface area contributed by atoms with Crippen molar-refractivity contribution in [1.29, 1.82) is 0 Å². The Morgan fingerprint density at radius 2 is 2.19 bits per heavy atom. The van der Waals surface area contributed by atoms with Crippen LogP contribution in [-0.4, -0.2) is 55.6 Å². The third kappa shape index (κ3) is 4.65. The lowest BCUT2D eigenvalue weighted by molar-refractivity contribution is 0.177. The van der Waals surface area contributed by atoms with Crippen LogP contribution in [0.1, 0.15) is 12.0 Å². The van der Waals surface area contributed by atoms with E-state index in [9.17, 15) is 0 Å². The highest BCUT2D eigenvalue weighted by molar-refractivity contribution is 9.10. The summed E-state index contributed by atoms with van der Waals surface area (Å²) in [6, 6.07) is 6.58. The average Bonchev–Trinajstić information content (AvgIpc) is 2.60. The van der Waals surface area contributed by atoms with Crippen LogP contribution in [-0.2, 0) is 6.42 Å². The van der Waals surface area contributed by atoms with Gasteiger partial charge in [0.2, 0.25) is 0 Å². The molecule has 1 saturated heterocycles. The Hall–Kier alpha value is -0.170. The molecule has 1 aromatic carbocycles. The van der Waals surface area contributed by atoms with Crippen LogP contribution in [0.5, 0.6) is 0 Å². The first-order valence-corrected chi connectivity index (χ1v) is 8.47. The first kappa shape index (κ1) is 17.2. The molecule has 0 radical (unpaired) electrons. The van der Waals surface area contributed by atoms with E-state index in [1.807, 2.05) is 12.1 Å². The van der Waals surface area contributed by atoms with Gasteiger partial charge in [0.1, 0.15) is 0 Å². The zero-order chi connectivity index (χ0) is 15.4. The van der Waals surface area contributed by atoms with Gasteiger partial charge < -0.3 is 9.80 Å². The third-order valence-electron chi connectivity index (χ3n) is 4.25.